The van der Waals surface area contributed by atoms with Gasteiger partial charge in [0.15, 0.2) is 0 Å². The van der Waals surface area contributed by atoms with Gasteiger partial charge in [0.2, 0.25) is 11.8 Å². The molecule has 0 aromatic rings. The van der Waals surface area contributed by atoms with Crippen LogP contribution in [0, 0.1) is 5.41 Å². The number of piperidine rings is 1. The number of hydrogen-bond donors (Lipinski definition) is 2. The fourth-order valence-corrected chi connectivity index (χ4v) is 2.85. The van der Waals surface area contributed by atoms with Crippen LogP contribution >= 0.6 is 0 Å². The number of carbonyl (C=O) groups is 2. The highest BCUT2D eigenvalue weighted by molar-refractivity contribution is 5.80. The molecule has 0 bridgehead atoms. The maximum Gasteiger partial charge on any atom is 0.223 e. The van der Waals surface area contributed by atoms with Crippen molar-refractivity contribution in [2.45, 2.75) is 25.7 Å². The van der Waals surface area contributed by atoms with Gasteiger partial charge in [-0.25, -0.2) is 0 Å². The zero-order valence-electron chi connectivity index (χ0n) is 10.4. The van der Waals surface area contributed by atoms with Crippen LogP contribution in [0.4, 0.5) is 0 Å². The predicted molar refractivity (Wildman–Crippen MR) is 64.4 cm³/mol. The lowest BCUT2D eigenvalue weighted by Gasteiger charge is -2.39. The van der Waals surface area contributed by atoms with E-state index >= 15 is 0 Å². The number of rotatable bonds is 3. The van der Waals surface area contributed by atoms with E-state index in [0.717, 1.165) is 39.0 Å². The summed E-state index contributed by atoms with van der Waals surface area (Å²) in [5, 5.41) is 5.89. The minimum atomic E-state index is 0.0185. The Kier molecular flexibility index (Phi) is 3.66. The van der Waals surface area contributed by atoms with Gasteiger partial charge in [-0.1, -0.05) is 0 Å². The summed E-state index contributed by atoms with van der Waals surface area (Å²) in [5.74, 6) is 0.340. The third-order valence-electron chi connectivity index (χ3n) is 3.80. The second kappa shape index (κ2) is 5.04. The summed E-state index contributed by atoms with van der Waals surface area (Å²) in [7, 11) is 1.85. The molecular formula is C12H21N3O2. The molecule has 0 aromatic carbocycles. The van der Waals surface area contributed by atoms with E-state index in [1.54, 1.807) is 0 Å². The highest BCUT2D eigenvalue weighted by Crippen LogP contribution is 2.36. The summed E-state index contributed by atoms with van der Waals surface area (Å²) in [6, 6.07) is 0. The fourth-order valence-electron chi connectivity index (χ4n) is 2.85. The van der Waals surface area contributed by atoms with Crippen LogP contribution in [0.3, 0.4) is 0 Å². The summed E-state index contributed by atoms with van der Waals surface area (Å²) >= 11 is 0. The monoisotopic (exact) mass is 239 g/mol. The molecular weight excluding hydrogens is 218 g/mol. The zero-order chi connectivity index (χ0) is 12.3. The summed E-state index contributed by atoms with van der Waals surface area (Å²) in [6.45, 7) is 3.05. The van der Waals surface area contributed by atoms with E-state index in [0.29, 0.717) is 12.8 Å². The lowest BCUT2D eigenvalue weighted by Crippen LogP contribution is -2.47. The first kappa shape index (κ1) is 12.4. The van der Waals surface area contributed by atoms with E-state index in [1.807, 2.05) is 11.9 Å². The van der Waals surface area contributed by atoms with Gasteiger partial charge in [0.05, 0.1) is 0 Å². The van der Waals surface area contributed by atoms with Gasteiger partial charge in [0.1, 0.15) is 0 Å². The molecule has 2 aliphatic rings. The van der Waals surface area contributed by atoms with Gasteiger partial charge in [-0.2, -0.15) is 0 Å². The molecule has 2 N–H and O–H groups in total. The highest BCUT2D eigenvalue weighted by atomic mass is 16.2. The topological polar surface area (TPSA) is 61.4 Å². The number of nitrogens with zero attached hydrogens (tertiary/aromatic N) is 1. The zero-order valence-corrected chi connectivity index (χ0v) is 10.4. The normalized spacial score (nSPS) is 28.5. The average molecular weight is 239 g/mol. The quantitative estimate of drug-likeness (QED) is 0.712. The van der Waals surface area contributed by atoms with E-state index in [1.165, 1.54) is 0 Å². The molecule has 0 saturated carbocycles. The fraction of sp³-hybridized carbons (Fsp3) is 0.833. The number of nitrogens with one attached hydrogen (secondary N) is 2. The van der Waals surface area contributed by atoms with Gasteiger partial charge in [-0.3, -0.25) is 9.59 Å². The molecule has 2 amide bonds. The van der Waals surface area contributed by atoms with Crippen molar-refractivity contribution in [2.75, 3.05) is 33.2 Å². The Morgan fingerprint density at radius 2 is 2.41 bits per heavy atom. The van der Waals surface area contributed by atoms with Gasteiger partial charge in [-0.15, -0.1) is 0 Å². The molecule has 2 saturated heterocycles. The summed E-state index contributed by atoms with van der Waals surface area (Å²) in [6.07, 6.45) is 3.21. The Hall–Kier alpha value is -1.10. The van der Waals surface area contributed by atoms with Gasteiger partial charge in [0.25, 0.3) is 0 Å². The van der Waals surface area contributed by atoms with Crippen LogP contribution in [0.1, 0.15) is 25.7 Å². The molecule has 0 aromatic heterocycles. The van der Waals surface area contributed by atoms with Crippen molar-refractivity contribution in [3.8, 4) is 0 Å². The van der Waals surface area contributed by atoms with Crippen LogP contribution in [-0.4, -0.2) is 49.9 Å². The van der Waals surface area contributed by atoms with E-state index in [9.17, 15) is 9.59 Å². The largest absolute Gasteiger partial charge is 0.355 e. The summed E-state index contributed by atoms with van der Waals surface area (Å²) in [4.78, 5) is 25.2. The molecule has 2 rings (SSSR count). The second-order valence-corrected chi connectivity index (χ2v) is 5.23. The molecule has 1 unspecified atom stereocenters. The number of amides is 2. The second-order valence-electron chi connectivity index (χ2n) is 5.23. The molecule has 1 atom stereocenters. The Morgan fingerprint density at radius 1 is 1.59 bits per heavy atom. The summed E-state index contributed by atoms with van der Waals surface area (Å²) < 4.78 is 0. The standard InChI is InChI=1S/C12H21N3O2/c1-13-5-3-11(17)15-6-2-4-12(9-15)7-10(16)14-8-12/h13H,2-9H2,1H3,(H,14,16). The number of hydrogen-bond acceptors (Lipinski definition) is 3. The van der Waals surface area contributed by atoms with E-state index in [-0.39, 0.29) is 17.2 Å². The van der Waals surface area contributed by atoms with Gasteiger partial charge in [-0.05, 0) is 19.9 Å². The van der Waals surface area contributed by atoms with E-state index in [4.69, 9.17) is 0 Å². The highest BCUT2D eigenvalue weighted by Gasteiger charge is 2.42. The Bertz CT molecular complexity index is 319. The Labute approximate surface area is 102 Å². The number of likely N-dealkylation sites (tertiary alicyclic amines) is 1. The predicted octanol–water partition coefficient (Wildman–Crippen LogP) is -0.275. The third kappa shape index (κ3) is 2.77. The lowest BCUT2D eigenvalue weighted by atomic mass is 9.79. The van der Waals surface area contributed by atoms with E-state index < -0.39 is 0 Å². The Balaban J connectivity index is 1.93. The van der Waals surface area contributed by atoms with Gasteiger partial charge >= 0.3 is 0 Å². The Morgan fingerprint density at radius 3 is 3.06 bits per heavy atom. The van der Waals surface area contributed by atoms with Gasteiger partial charge < -0.3 is 15.5 Å². The minimum absolute atomic E-state index is 0.0185. The van der Waals surface area contributed by atoms with Crippen molar-refractivity contribution >= 4 is 11.8 Å². The maximum absolute atomic E-state index is 12.0. The molecule has 5 heteroatoms. The first-order valence-electron chi connectivity index (χ1n) is 6.34. The number of carbonyl (C=O) groups excluding carboxylic acids is 2. The van der Waals surface area contributed by atoms with Gasteiger partial charge in [0, 0.05) is 44.4 Å². The van der Waals surface area contributed by atoms with Crippen molar-refractivity contribution in [1.82, 2.24) is 15.5 Å². The van der Waals surface area contributed by atoms with Crippen LogP contribution < -0.4 is 10.6 Å². The lowest BCUT2D eigenvalue weighted by molar-refractivity contribution is -0.135. The molecule has 5 nitrogen and oxygen atoms in total. The summed E-state index contributed by atoms with van der Waals surface area (Å²) in [5.41, 5.74) is 0.0185. The molecule has 0 aliphatic carbocycles. The van der Waals surface area contributed by atoms with Crippen LogP contribution in [-0.2, 0) is 9.59 Å². The first-order chi connectivity index (χ1) is 8.15. The molecule has 2 aliphatic heterocycles. The SMILES string of the molecule is CNCCC(=O)N1CCCC2(CNC(=O)C2)C1. The van der Waals surface area contributed by atoms with Crippen LogP contribution in [0.15, 0.2) is 0 Å². The molecule has 2 fully saturated rings. The maximum atomic E-state index is 12.0. The van der Waals surface area contributed by atoms with Crippen LogP contribution in [0.25, 0.3) is 0 Å². The van der Waals surface area contributed by atoms with Crippen molar-refractivity contribution < 1.29 is 9.59 Å². The average Bonchev–Trinajstić information content (AvgIpc) is 2.67. The molecule has 2 heterocycles. The van der Waals surface area contributed by atoms with E-state index in [2.05, 4.69) is 10.6 Å². The first-order valence-corrected chi connectivity index (χ1v) is 6.34. The van der Waals surface area contributed by atoms with Crippen molar-refractivity contribution in [3.05, 3.63) is 0 Å². The molecule has 96 valence electrons. The minimum Gasteiger partial charge on any atom is -0.355 e. The van der Waals surface area contributed by atoms with Crippen LogP contribution in [0.2, 0.25) is 0 Å². The third-order valence-corrected chi connectivity index (χ3v) is 3.80. The van der Waals surface area contributed by atoms with Crippen molar-refractivity contribution in [1.29, 1.82) is 0 Å². The van der Waals surface area contributed by atoms with Crippen molar-refractivity contribution in [3.63, 3.8) is 0 Å². The molecule has 1 spiro atoms. The smallest absolute Gasteiger partial charge is 0.223 e. The molecule has 0 radical (unpaired) electrons. The molecule has 17 heavy (non-hydrogen) atoms. The van der Waals surface area contributed by atoms with Crippen molar-refractivity contribution in [2.24, 2.45) is 5.41 Å². The van der Waals surface area contributed by atoms with Crippen LogP contribution in [0.5, 0.6) is 0 Å².